The molecular formula is C23H23N5O. The minimum absolute atomic E-state index is 0.477. The normalized spacial score (nSPS) is 14.4. The van der Waals surface area contributed by atoms with Crippen molar-refractivity contribution in [3.05, 3.63) is 83.7 Å². The molecular weight excluding hydrogens is 362 g/mol. The van der Waals surface area contributed by atoms with Crippen LogP contribution in [0.25, 0.3) is 0 Å². The second kappa shape index (κ2) is 9.18. The first-order valence-corrected chi connectivity index (χ1v) is 9.76. The van der Waals surface area contributed by atoms with Crippen LogP contribution in [-0.4, -0.2) is 41.0 Å². The predicted molar refractivity (Wildman–Crippen MR) is 111 cm³/mol. The van der Waals surface area contributed by atoms with Gasteiger partial charge in [0.1, 0.15) is 12.4 Å². The molecule has 0 radical (unpaired) electrons. The van der Waals surface area contributed by atoms with Crippen LogP contribution in [-0.2, 0) is 13.2 Å². The highest BCUT2D eigenvalue weighted by Crippen LogP contribution is 2.20. The number of hydrogen-bond acceptors (Lipinski definition) is 6. The molecule has 3 aromatic rings. The summed E-state index contributed by atoms with van der Waals surface area (Å²) in [4.78, 5) is 13.4. The summed E-state index contributed by atoms with van der Waals surface area (Å²) >= 11 is 0. The molecule has 1 aromatic carbocycles. The maximum atomic E-state index is 9.28. The number of rotatable bonds is 6. The quantitative estimate of drug-likeness (QED) is 0.649. The molecule has 29 heavy (non-hydrogen) atoms. The van der Waals surface area contributed by atoms with Gasteiger partial charge in [-0.1, -0.05) is 24.3 Å². The molecule has 1 aliphatic heterocycles. The molecule has 6 heteroatoms. The van der Waals surface area contributed by atoms with Crippen LogP contribution >= 0.6 is 0 Å². The Bertz CT molecular complexity index is 978. The fraction of sp³-hybridized carbons (Fsp3) is 0.261. The zero-order chi connectivity index (χ0) is 19.9. The molecule has 0 N–H and O–H groups in total. The van der Waals surface area contributed by atoms with Crippen molar-refractivity contribution in [2.45, 2.75) is 13.2 Å². The highest BCUT2D eigenvalue weighted by Gasteiger charge is 2.19. The molecule has 0 amide bonds. The van der Waals surface area contributed by atoms with E-state index in [0.717, 1.165) is 55.2 Å². The van der Waals surface area contributed by atoms with E-state index >= 15 is 0 Å². The second-order valence-corrected chi connectivity index (χ2v) is 7.01. The highest BCUT2D eigenvalue weighted by molar-refractivity contribution is 5.41. The topological polar surface area (TPSA) is 65.3 Å². The summed E-state index contributed by atoms with van der Waals surface area (Å²) in [5.74, 6) is 1.57. The molecule has 0 atom stereocenters. The summed E-state index contributed by atoms with van der Waals surface area (Å²) in [5, 5.41) is 9.28. The van der Waals surface area contributed by atoms with Gasteiger partial charge in [0.05, 0.1) is 11.6 Å². The van der Waals surface area contributed by atoms with E-state index in [1.807, 2.05) is 54.6 Å². The molecule has 0 unspecified atom stereocenters. The standard InChI is InChI=1S/C23H23N5O/c24-16-20-4-1-2-5-21(20)17-27-12-14-28(15-13-27)22-6-3-7-23(26-22)29-18-19-8-10-25-11-9-19/h1-11H,12-15,17-18H2. The lowest BCUT2D eigenvalue weighted by molar-refractivity contribution is 0.248. The molecule has 1 saturated heterocycles. The maximum Gasteiger partial charge on any atom is 0.215 e. The third-order valence-corrected chi connectivity index (χ3v) is 5.07. The summed E-state index contributed by atoms with van der Waals surface area (Å²) in [6.07, 6.45) is 3.52. The van der Waals surface area contributed by atoms with Crippen LogP contribution in [0, 0.1) is 11.3 Å². The van der Waals surface area contributed by atoms with Crippen LogP contribution in [0.4, 0.5) is 5.82 Å². The van der Waals surface area contributed by atoms with Crippen LogP contribution < -0.4 is 9.64 Å². The third-order valence-electron chi connectivity index (χ3n) is 5.07. The van der Waals surface area contributed by atoms with Gasteiger partial charge in [0.15, 0.2) is 0 Å². The van der Waals surface area contributed by atoms with E-state index in [1.165, 1.54) is 0 Å². The number of pyridine rings is 2. The molecule has 0 saturated carbocycles. The summed E-state index contributed by atoms with van der Waals surface area (Å²) in [7, 11) is 0. The monoisotopic (exact) mass is 385 g/mol. The lowest BCUT2D eigenvalue weighted by Gasteiger charge is -2.35. The third kappa shape index (κ3) is 4.89. The average molecular weight is 385 g/mol. The molecule has 4 rings (SSSR count). The van der Waals surface area contributed by atoms with E-state index in [2.05, 4.69) is 25.8 Å². The van der Waals surface area contributed by atoms with E-state index < -0.39 is 0 Å². The molecule has 146 valence electrons. The van der Waals surface area contributed by atoms with Crippen molar-refractivity contribution >= 4 is 5.82 Å². The van der Waals surface area contributed by atoms with Gasteiger partial charge in [0, 0.05) is 51.2 Å². The SMILES string of the molecule is N#Cc1ccccc1CN1CCN(c2cccc(OCc3ccncc3)n2)CC1. The molecule has 0 aliphatic carbocycles. The van der Waals surface area contributed by atoms with Gasteiger partial charge in [-0.25, -0.2) is 0 Å². The molecule has 1 aliphatic rings. The summed E-state index contributed by atoms with van der Waals surface area (Å²) < 4.78 is 5.84. The Morgan fingerprint density at radius 1 is 0.931 bits per heavy atom. The highest BCUT2D eigenvalue weighted by atomic mass is 16.5. The first-order valence-electron chi connectivity index (χ1n) is 9.76. The maximum absolute atomic E-state index is 9.28. The van der Waals surface area contributed by atoms with Crippen molar-refractivity contribution < 1.29 is 4.74 Å². The van der Waals surface area contributed by atoms with E-state index in [-0.39, 0.29) is 0 Å². The molecule has 2 aromatic heterocycles. The number of benzene rings is 1. The number of piperazine rings is 1. The zero-order valence-electron chi connectivity index (χ0n) is 16.2. The number of nitriles is 1. The molecule has 1 fully saturated rings. The lowest BCUT2D eigenvalue weighted by atomic mass is 10.1. The number of hydrogen-bond donors (Lipinski definition) is 0. The van der Waals surface area contributed by atoms with E-state index in [1.54, 1.807) is 12.4 Å². The summed E-state index contributed by atoms with van der Waals surface area (Å²) in [5.41, 5.74) is 2.92. The summed E-state index contributed by atoms with van der Waals surface area (Å²) in [6, 6.07) is 19.9. The molecule has 0 bridgehead atoms. The summed E-state index contributed by atoms with van der Waals surface area (Å²) in [6.45, 7) is 4.95. The molecule has 3 heterocycles. The van der Waals surface area contributed by atoms with Crippen LogP contribution in [0.15, 0.2) is 67.0 Å². The molecule has 6 nitrogen and oxygen atoms in total. The van der Waals surface area contributed by atoms with Gasteiger partial charge < -0.3 is 9.64 Å². The predicted octanol–water partition coefficient (Wildman–Crippen LogP) is 3.25. The van der Waals surface area contributed by atoms with Crippen molar-refractivity contribution in [3.8, 4) is 11.9 Å². The Hall–Kier alpha value is -3.43. The van der Waals surface area contributed by atoms with Gasteiger partial charge in [0.2, 0.25) is 5.88 Å². The Morgan fingerprint density at radius 3 is 2.52 bits per heavy atom. The van der Waals surface area contributed by atoms with E-state index in [4.69, 9.17) is 4.74 Å². The fourth-order valence-electron chi connectivity index (χ4n) is 3.44. The zero-order valence-corrected chi connectivity index (χ0v) is 16.2. The van der Waals surface area contributed by atoms with Crippen LogP contribution in [0.3, 0.4) is 0 Å². The Balaban J connectivity index is 1.33. The van der Waals surface area contributed by atoms with Gasteiger partial charge in [-0.2, -0.15) is 10.2 Å². The number of anilines is 1. The molecule has 0 spiro atoms. The van der Waals surface area contributed by atoms with Crippen LogP contribution in [0.1, 0.15) is 16.7 Å². The lowest BCUT2D eigenvalue weighted by Crippen LogP contribution is -2.46. The van der Waals surface area contributed by atoms with Gasteiger partial charge in [-0.05, 0) is 35.4 Å². The number of nitrogens with zero attached hydrogens (tertiary/aromatic N) is 5. The van der Waals surface area contributed by atoms with Gasteiger partial charge >= 0.3 is 0 Å². The minimum atomic E-state index is 0.477. The number of aromatic nitrogens is 2. The Kier molecular flexibility index (Phi) is 5.98. The smallest absolute Gasteiger partial charge is 0.215 e. The van der Waals surface area contributed by atoms with Crippen LogP contribution in [0.5, 0.6) is 5.88 Å². The largest absolute Gasteiger partial charge is 0.473 e. The first kappa shape index (κ1) is 18.9. The van der Waals surface area contributed by atoms with Gasteiger partial charge in [0.25, 0.3) is 0 Å². The van der Waals surface area contributed by atoms with Gasteiger partial charge in [-0.3, -0.25) is 9.88 Å². The number of ether oxygens (including phenoxy) is 1. The van der Waals surface area contributed by atoms with E-state index in [0.29, 0.717) is 12.5 Å². The van der Waals surface area contributed by atoms with Crippen LogP contribution in [0.2, 0.25) is 0 Å². The van der Waals surface area contributed by atoms with Gasteiger partial charge in [-0.15, -0.1) is 0 Å². The van der Waals surface area contributed by atoms with E-state index in [9.17, 15) is 5.26 Å². The average Bonchev–Trinajstić information content (AvgIpc) is 2.79. The van der Waals surface area contributed by atoms with Crippen molar-refractivity contribution in [1.82, 2.24) is 14.9 Å². The first-order chi connectivity index (χ1) is 14.3. The second-order valence-electron chi connectivity index (χ2n) is 7.01. The van der Waals surface area contributed by atoms with Crippen molar-refractivity contribution in [2.24, 2.45) is 0 Å². The van der Waals surface area contributed by atoms with Crippen molar-refractivity contribution in [1.29, 1.82) is 5.26 Å². The fourth-order valence-corrected chi connectivity index (χ4v) is 3.44. The van der Waals surface area contributed by atoms with Crippen molar-refractivity contribution in [3.63, 3.8) is 0 Å². The Morgan fingerprint density at radius 2 is 1.72 bits per heavy atom. The van der Waals surface area contributed by atoms with Crippen molar-refractivity contribution in [2.75, 3.05) is 31.1 Å². The minimum Gasteiger partial charge on any atom is -0.473 e. The Labute approximate surface area is 171 Å².